The molecule has 0 radical (unpaired) electrons. The van der Waals surface area contributed by atoms with Gasteiger partial charge in [-0.1, -0.05) is 0 Å². The number of aromatic nitrogens is 2. The van der Waals surface area contributed by atoms with Crippen molar-refractivity contribution in [3.05, 3.63) is 17.3 Å². The van der Waals surface area contributed by atoms with Crippen LogP contribution in [-0.4, -0.2) is 34.4 Å². The maximum Gasteiger partial charge on any atom is 0.263 e. The minimum absolute atomic E-state index is 0.0366. The Hall–Kier alpha value is -2.22. The predicted octanol–water partition coefficient (Wildman–Crippen LogP) is 0.672. The number of anilines is 1. The van der Waals surface area contributed by atoms with Crippen LogP contribution in [0.5, 0.6) is 0 Å². The molecule has 0 saturated heterocycles. The van der Waals surface area contributed by atoms with Gasteiger partial charge in [-0.05, 0) is 12.8 Å². The molecule has 7 nitrogen and oxygen atoms in total. The highest BCUT2D eigenvalue weighted by Gasteiger charge is 2.23. The second-order valence-electron chi connectivity index (χ2n) is 4.90. The number of nitrogens with one attached hydrogen (secondary N) is 2. The fourth-order valence-corrected chi connectivity index (χ4v) is 2.85. The normalized spacial score (nSPS) is 14.1. The van der Waals surface area contributed by atoms with Crippen LogP contribution in [0, 0.1) is 0 Å². The Morgan fingerprint density at radius 1 is 1.33 bits per heavy atom. The number of thiophene rings is 1. The SMILES string of the molecule is Nc1c(C(=O)NCCC(=O)NC2CC2)sc2nccnc12. The molecule has 1 aliphatic carbocycles. The van der Waals surface area contributed by atoms with Gasteiger partial charge in [0.2, 0.25) is 5.91 Å². The number of nitrogens with zero attached hydrogens (tertiary/aromatic N) is 2. The molecule has 1 saturated carbocycles. The van der Waals surface area contributed by atoms with E-state index in [9.17, 15) is 9.59 Å². The lowest BCUT2D eigenvalue weighted by molar-refractivity contribution is -0.121. The third-order valence-corrected chi connectivity index (χ3v) is 4.25. The third kappa shape index (κ3) is 3.10. The van der Waals surface area contributed by atoms with Crippen LogP contribution in [0.4, 0.5) is 5.69 Å². The molecule has 2 amide bonds. The molecule has 4 N–H and O–H groups in total. The van der Waals surface area contributed by atoms with Crippen LogP contribution in [-0.2, 0) is 4.79 Å². The summed E-state index contributed by atoms with van der Waals surface area (Å²) in [5, 5.41) is 5.57. The molecule has 0 aromatic carbocycles. The van der Waals surface area contributed by atoms with Gasteiger partial charge >= 0.3 is 0 Å². The zero-order valence-electron chi connectivity index (χ0n) is 11.3. The van der Waals surface area contributed by atoms with Crippen molar-refractivity contribution in [1.82, 2.24) is 20.6 Å². The maximum absolute atomic E-state index is 12.1. The summed E-state index contributed by atoms with van der Waals surface area (Å²) in [7, 11) is 0. The Bertz CT molecular complexity index is 695. The average Bonchev–Trinajstić information content (AvgIpc) is 3.21. The molecule has 21 heavy (non-hydrogen) atoms. The lowest BCUT2D eigenvalue weighted by Gasteiger charge is -2.05. The molecule has 8 heteroatoms. The van der Waals surface area contributed by atoms with Gasteiger partial charge in [-0.25, -0.2) is 9.97 Å². The minimum Gasteiger partial charge on any atom is -0.396 e. The van der Waals surface area contributed by atoms with E-state index in [0.717, 1.165) is 12.8 Å². The number of carbonyl (C=O) groups is 2. The van der Waals surface area contributed by atoms with E-state index in [4.69, 9.17) is 5.73 Å². The van der Waals surface area contributed by atoms with Crippen molar-refractivity contribution in [1.29, 1.82) is 0 Å². The molecule has 0 bridgehead atoms. The molecule has 0 spiro atoms. The molecule has 2 aromatic heterocycles. The van der Waals surface area contributed by atoms with Gasteiger partial charge in [-0.3, -0.25) is 9.59 Å². The Morgan fingerprint density at radius 3 is 2.81 bits per heavy atom. The first kappa shape index (κ1) is 13.7. The summed E-state index contributed by atoms with van der Waals surface area (Å²) in [5.41, 5.74) is 6.79. The van der Waals surface area contributed by atoms with Crippen molar-refractivity contribution in [2.45, 2.75) is 25.3 Å². The molecule has 1 aliphatic rings. The topological polar surface area (TPSA) is 110 Å². The number of carbonyl (C=O) groups excluding carboxylic acids is 2. The van der Waals surface area contributed by atoms with Gasteiger partial charge < -0.3 is 16.4 Å². The first-order valence-electron chi connectivity index (χ1n) is 6.71. The standard InChI is InChI=1S/C13H15N5O2S/c14-9-10-13(17-6-5-15-10)21-11(9)12(20)16-4-3-8(19)18-7-1-2-7/h5-7H,1-4,14H2,(H,16,20)(H,18,19). The molecule has 0 atom stereocenters. The van der Waals surface area contributed by atoms with Gasteiger partial charge in [0, 0.05) is 31.4 Å². The summed E-state index contributed by atoms with van der Waals surface area (Å²) in [4.78, 5) is 32.9. The number of nitrogens with two attached hydrogens (primary N) is 1. The summed E-state index contributed by atoms with van der Waals surface area (Å²) in [6, 6.07) is 0.337. The highest BCUT2D eigenvalue weighted by atomic mass is 32.1. The maximum atomic E-state index is 12.1. The van der Waals surface area contributed by atoms with Gasteiger partial charge in [0.25, 0.3) is 5.91 Å². The number of fused-ring (bicyclic) bond motifs is 1. The largest absolute Gasteiger partial charge is 0.396 e. The van der Waals surface area contributed by atoms with Crippen molar-refractivity contribution >= 4 is 39.2 Å². The van der Waals surface area contributed by atoms with E-state index in [0.29, 0.717) is 27.0 Å². The average molecular weight is 305 g/mol. The first-order valence-corrected chi connectivity index (χ1v) is 7.53. The quantitative estimate of drug-likeness (QED) is 0.752. The molecule has 2 aromatic rings. The lowest BCUT2D eigenvalue weighted by atomic mass is 10.3. The number of nitrogen functional groups attached to an aromatic ring is 1. The van der Waals surface area contributed by atoms with Crippen molar-refractivity contribution in [3.8, 4) is 0 Å². The zero-order chi connectivity index (χ0) is 14.8. The van der Waals surface area contributed by atoms with Crippen LogP contribution in [0.25, 0.3) is 10.3 Å². The Morgan fingerprint density at radius 2 is 2.10 bits per heavy atom. The van der Waals surface area contributed by atoms with E-state index >= 15 is 0 Å². The van der Waals surface area contributed by atoms with E-state index in [1.807, 2.05) is 0 Å². The van der Waals surface area contributed by atoms with Crippen LogP contribution in [0.15, 0.2) is 12.4 Å². The van der Waals surface area contributed by atoms with Gasteiger partial charge in [-0.15, -0.1) is 11.3 Å². The van der Waals surface area contributed by atoms with E-state index in [-0.39, 0.29) is 24.8 Å². The van der Waals surface area contributed by atoms with Crippen LogP contribution < -0.4 is 16.4 Å². The van der Waals surface area contributed by atoms with E-state index in [2.05, 4.69) is 20.6 Å². The van der Waals surface area contributed by atoms with Crippen molar-refractivity contribution in [2.75, 3.05) is 12.3 Å². The van der Waals surface area contributed by atoms with Gasteiger partial charge in [0.15, 0.2) is 0 Å². The Kier molecular flexibility index (Phi) is 3.70. The van der Waals surface area contributed by atoms with Crippen LogP contribution in [0.2, 0.25) is 0 Å². The number of hydrogen-bond acceptors (Lipinski definition) is 6. The molecule has 1 fully saturated rings. The molecule has 110 valence electrons. The first-order chi connectivity index (χ1) is 10.1. The summed E-state index contributed by atoms with van der Waals surface area (Å²) >= 11 is 1.20. The fraction of sp³-hybridized carbons (Fsp3) is 0.385. The highest BCUT2D eigenvalue weighted by molar-refractivity contribution is 7.21. The van der Waals surface area contributed by atoms with Crippen molar-refractivity contribution in [2.24, 2.45) is 0 Å². The summed E-state index contributed by atoms with van der Waals surface area (Å²) in [6.07, 6.45) is 5.47. The fourth-order valence-electron chi connectivity index (χ4n) is 1.91. The van der Waals surface area contributed by atoms with E-state index in [1.165, 1.54) is 17.5 Å². The minimum atomic E-state index is -0.295. The van der Waals surface area contributed by atoms with Gasteiger partial charge in [-0.2, -0.15) is 0 Å². The molecule has 0 unspecified atom stereocenters. The van der Waals surface area contributed by atoms with Crippen LogP contribution in [0.1, 0.15) is 28.9 Å². The Labute approximate surface area is 125 Å². The molecular weight excluding hydrogens is 290 g/mol. The van der Waals surface area contributed by atoms with Gasteiger partial charge in [0.1, 0.15) is 15.2 Å². The lowest BCUT2D eigenvalue weighted by Crippen LogP contribution is -2.31. The van der Waals surface area contributed by atoms with Crippen LogP contribution in [0.3, 0.4) is 0 Å². The molecule has 2 heterocycles. The molecular formula is C13H15N5O2S. The Balaban J connectivity index is 1.58. The van der Waals surface area contributed by atoms with E-state index < -0.39 is 0 Å². The third-order valence-electron chi connectivity index (χ3n) is 3.15. The number of rotatable bonds is 5. The summed E-state index contributed by atoms with van der Waals surface area (Å²) in [5.74, 6) is -0.332. The monoisotopic (exact) mass is 305 g/mol. The second-order valence-corrected chi connectivity index (χ2v) is 5.90. The van der Waals surface area contributed by atoms with Gasteiger partial charge in [0.05, 0.1) is 5.69 Å². The van der Waals surface area contributed by atoms with E-state index in [1.54, 1.807) is 6.20 Å². The number of amides is 2. The smallest absolute Gasteiger partial charge is 0.263 e. The zero-order valence-corrected chi connectivity index (χ0v) is 12.1. The number of hydrogen-bond donors (Lipinski definition) is 3. The van der Waals surface area contributed by atoms with Crippen LogP contribution >= 0.6 is 11.3 Å². The molecule has 0 aliphatic heterocycles. The summed E-state index contributed by atoms with van der Waals surface area (Å²) < 4.78 is 0. The van der Waals surface area contributed by atoms with Crippen molar-refractivity contribution < 1.29 is 9.59 Å². The second kappa shape index (κ2) is 5.65. The summed E-state index contributed by atoms with van der Waals surface area (Å²) in [6.45, 7) is 0.284. The predicted molar refractivity (Wildman–Crippen MR) is 79.9 cm³/mol. The van der Waals surface area contributed by atoms with Crippen molar-refractivity contribution in [3.63, 3.8) is 0 Å². The highest BCUT2D eigenvalue weighted by Crippen LogP contribution is 2.30. The molecule has 3 rings (SSSR count).